The predicted octanol–water partition coefficient (Wildman–Crippen LogP) is 2.41. The van der Waals surface area contributed by atoms with E-state index in [2.05, 4.69) is 27.7 Å². The number of hydrogen-bond acceptors (Lipinski definition) is 3. The van der Waals surface area contributed by atoms with Gasteiger partial charge in [-0.25, -0.2) is 4.39 Å². The van der Waals surface area contributed by atoms with Gasteiger partial charge in [-0.15, -0.1) is 0 Å². The topological polar surface area (TPSA) is 61.4 Å². The van der Waals surface area contributed by atoms with Crippen LogP contribution in [-0.2, 0) is 9.59 Å². The number of nitrogens with one attached hydrogen (secondary N) is 2. The van der Waals surface area contributed by atoms with E-state index in [0.29, 0.717) is 18.2 Å². The number of anilines is 2. The monoisotopic (exact) mass is 341 g/mol. The highest BCUT2D eigenvalue weighted by atomic mass is 19.1. The average Bonchev–Trinajstić information content (AvgIpc) is 3.11. The summed E-state index contributed by atoms with van der Waals surface area (Å²) in [7, 11) is 0. The van der Waals surface area contributed by atoms with Crippen molar-refractivity contribution in [2.24, 2.45) is 5.92 Å². The van der Waals surface area contributed by atoms with Crippen molar-refractivity contribution in [1.82, 2.24) is 5.32 Å². The zero-order valence-electron chi connectivity index (χ0n) is 13.7. The van der Waals surface area contributed by atoms with Gasteiger partial charge in [0, 0.05) is 31.0 Å². The number of para-hydroxylation sites is 1. The van der Waals surface area contributed by atoms with Gasteiger partial charge in [0.2, 0.25) is 0 Å². The van der Waals surface area contributed by atoms with E-state index in [1.54, 1.807) is 0 Å². The van der Waals surface area contributed by atoms with Crippen molar-refractivity contribution in [3.8, 4) is 0 Å². The molecule has 2 N–H and O–H groups in total. The second-order valence-corrected chi connectivity index (χ2v) is 6.11. The third-order valence-corrected chi connectivity index (χ3v) is 4.27. The van der Waals surface area contributed by atoms with Crippen LogP contribution in [0.2, 0.25) is 0 Å². The first-order chi connectivity index (χ1) is 12.1. The average molecular weight is 341 g/mol. The number of rotatable bonds is 4. The Morgan fingerprint density at radius 3 is 2.48 bits per heavy atom. The molecular weight excluding hydrogens is 321 g/mol. The van der Waals surface area contributed by atoms with Crippen molar-refractivity contribution in [1.29, 1.82) is 0 Å². The standard InChI is InChI=1S/C19H20FN3O2/c20-15-6-8-16(9-7-15)22-19(25)18(24)21-12-14-10-11-23(13-14)17-4-2-1-3-5-17/h1-9,14H,10-13H2,(H,21,24)(H,22,25)/t14-/m0/s1. The number of hydrogen-bond donors (Lipinski definition) is 2. The lowest BCUT2D eigenvalue weighted by molar-refractivity contribution is -0.136. The minimum atomic E-state index is -0.746. The zero-order valence-corrected chi connectivity index (χ0v) is 13.7. The fourth-order valence-electron chi connectivity index (χ4n) is 2.91. The number of amides is 2. The summed E-state index contributed by atoms with van der Waals surface area (Å²) in [6.07, 6.45) is 0.967. The van der Waals surface area contributed by atoms with E-state index in [4.69, 9.17) is 0 Å². The highest BCUT2D eigenvalue weighted by Crippen LogP contribution is 2.22. The van der Waals surface area contributed by atoms with Crippen molar-refractivity contribution in [3.05, 3.63) is 60.4 Å². The number of benzene rings is 2. The van der Waals surface area contributed by atoms with Gasteiger partial charge in [0.15, 0.2) is 0 Å². The molecule has 0 aromatic heterocycles. The van der Waals surface area contributed by atoms with Crippen LogP contribution in [0.25, 0.3) is 0 Å². The largest absolute Gasteiger partial charge is 0.371 e. The first kappa shape index (κ1) is 17.0. The Morgan fingerprint density at radius 1 is 1.04 bits per heavy atom. The molecule has 25 heavy (non-hydrogen) atoms. The lowest BCUT2D eigenvalue weighted by atomic mass is 10.1. The van der Waals surface area contributed by atoms with Crippen LogP contribution in [0.1, 0.15) is 6.42 Å². The van der Waals surface area contributed by atoms with Crippen molar-refractivity contribution < 1.29 is 14.0 Å². The number of carbonyl (C=O) groups excluding carboxylic acids is 2. The molecule has 0 unspecified atom stereocenters. The fourth-order valence-corrected chi connectivity index (χ4v) is 2.91. The molecule has 2 amide bonds. The molecule has 0 bridgehead atoms. The van der Waals surface area contributed by atoms with E-state index < -0.39 is 17.6 Å². The van der Waals surface area contributed by atoms with Gasteiger partial charge in [0.25, 0.3) is 0 Å². The number of carbonyl (C=O) groups is 2. The molecule has 0 saturated carbocycles. The van der Waals surface area contributed by atoms with E-state index in [1.165, 1.54) is 30.0 Å². The molecule has 1 heterocycles. The van der Waals surface area contributed by atoms with Gasteiger partial charge in [-0.2, -0.15) is 0 Å². The van der Waals surface area contributed by atoms with E-state index in [1.807, 2.05) is 18.2 Å². The van der Waals surface area contributed by atoms with Crippen molar-refractivity contribution in [3.63, 3.8) is 0 Å². The second-order valence-electron chi connectivity index (χ2n) is 6.11. The lowest BCUT2D eigenvalue weighted by Gasteiger charge is -2.18. The third-order valence-electron chi connectivity index (χ3n) is 4.27. The van der Waals surface area contributed by atoms with Gasteiger partial charge >= 0.3 is 11.8 Å². The third kappa shape index (κ3) is 4.56. The lowest BCUT2D eigenvalue weighted by Crippen LogP contribution is -2.38. The second kappa shape index (κ2) is 7.79. The normalized spacial score (nSPS) is 16.5. The Hall–Kier alpha value is -2.89. The highest BCUT2D eigenvalue weighted by molar-refractivity contribution is 6.39. The molecule has 1 atom stereocenters. The summed E-state index contributed by atoms with van der Waals surface area (Å²) >= 11 is 0. The Kier molecular flexibility index (Phi) is 5.28. The van der Waals surface area contributed by atoms with Crippen molar-refractivity contribution in [2.45, 2.75) is 6.42 Å². The molecule has 2 aromatic rings. The van der Waals surface area contributed by atoms with Crippen LogP contribution < -0.4 is 15.5 Å². The molecule has 1 fully saturated rings. The van der Waals surface area contributed by atoms with E-state index >= 15 is 0 Å². The number of nitrogens with zero attached hydrogens (tertiary/aromatic N) is 1. The summed E-state index contributed by atoms with van der Waals surface area (Å²) in [5.41, 5.74) is 1.56. The zero-order chi connectivity index (χ0) is 17.6. The minimum absolute atomic E-state index is 0.308. The Bertz CT molecular complexity index is 734. The fraction of sp³-hybridized carbons (Fsp3) is 0.263. The van der Waals surface area contributed by atoms with Gasteiger partial charge in [0.05, 0.1) is 0 Å². The van der Waals surface area contributed by atoms with Gasteiger partial charge in [-0.1, -0.05) is 18.2 Å². The summed E-state index contributed by atoms with van der Waals surface area (Å²) in [6, 6.07) is 15.4. The van der Waals surface area contributed by atoms with Crippen LogP contribution in [0.15, 0.2) is 54.6 Å². The minimum Gasteiger partial charge on any atom is -0.371 e. The van der Waals surface area contributed by atoms with Crippen molar-refractivity contribution >= 4 is 23.2 Å². The quantitative estimate of drug-likeness (QED) is 0.840. The Morgan fingerprint density at radius 2 is 1.76 bits per heavy atom. The van der Waals surface area contributed by atoms with E-state index in [-0.39, 0.29) is 0 Å². The Labute approximate surface area is 145 Å². The van der Waals surface area contributed by atoms with Crippen LogP contribution >= 0.6 is 0 Å². The summed E-state index contributed by atoms with van der Waals surface area (Å²) in [6.45, 7) is 2.25. The summed E-state index contributed by atoms with van der Waals surface area (Å²) in [5.74, 6) is -1.51. The molecule has 2 aromatic carbocycles. The summed E-state index contributed by atoms with van der Waals surface area (Å²) in [5, 5.41) is 5.13. The highest BCUT2D eigenvalue weighted by Gasteiger charge is 2.24. The van der Waals surface area contributed by atoms with Gasteiger partial charge < -0.3 is 15.5 Å². The molecular formula is C19H20FN3O2. The smallest absolute Gasteiger partial charge is 0.313 e. The van der Waals surface area contributed by atoms with Crippen molar-refractivity contribution in [2.75, 3.05) is 29.9 Å². The van der Waals surface area contributed by atoms with Crippen LogP contribution in [-0.4, -0.2) is 31.4 Å². The molecule has 0 radical (unpaired) electrons. The molecule has 3 rings (SSSR count). The molecule has 1 aliphatic heterocycles. The molecule has 0 spiro atoms. The molecule has 5 nitrogen and oxygen atoms in total. The maximum atomic E-state index is 12.8. The molecule has 6 heteroatoms. The van der Waals surface area contributed by atoms with E-state index in [9.17, 15) is 14.0 Å². The van der Waals surface area contributed by atoms with Crippen LogP contribution in [0.4, 0.5) is 15.8 Å². The van der Waals surface area contributed by atoms with E-state index in [0.717, 1.165) is 19.5 Å². The van der Waals surface area contributed by atoms with Gasteiger partial charge in [0.1, 0.15) is 5.82 Å². The van der Waals surface area contributed by atoms with Crippen LogP contribution in [0, 0.1) is 11.7 Å². The first-order valence-corrected chi connectivity index (χ1v) is 8.26. The molecule has 1 saturated heterocycles. The summed E-state index contributed by atoms with van der Waals surface area (Å²) < 4.78 is 12.8. The Balaban J connectivity index is 1.44. The molecule has 0 aliphatic carbocycles. The van der Waals surface area contributed by atoms with Gasteiger partial charge in [-0.05, 0) is 48.7 Å². The maximum Gasteiger partial charge on any atom is 0.313 e. The first-order valence-electron chi connectivity index (χ1n) is 8.26. The maximum absolute atomic E-state index is 12.8. The molecule has 130 valence electrons. The van der Waals surface area contributed by atoms with Crippen LogP contribution in [0.5, 0.6) is 0 Å². The summed E-state index contributed by atoms with van der Waals surface area (Å²) in [4.78, 5) is 26.0. The molecule has 1 aliphatic rings. The van der Waals surface area contributed by atoms with Gasteiger partial charge in [-0.3, -0.25) is 9.59 Å². The number of halogens is 1. The SMILES string of the molecule is O=C(NC[C@@H]1CCN(c2ccccc2)C1)C(=O)Nc1ccc(F)cc1. The predicted molar refractivity (Wildman–Crippen MR) is 94.8 cm³/mol. The van der Waals surface area contributed by atoms with Crippen LogP contribution in [0.3, 0.4) is 0 Å².